The van der Waals surface area contributed by atoms with E-state index >= 15 is 0 Å². The highest BCUT2D eigenvalue weighted by molar-refractivity contribution is 7.80. The number of nitrogens with two attached hydrogens (primary N) is 1. The molecule has 5 nitrogen and oxygen atoms in total. The van der Waals surface area contributed by atoms with Gasteiger partial charge in [-0.05, 0) is 25.0 Å². The van der Waals surface area contributed by atoms with Crippen LogP contribution in [0.1, 0.15) is 19.3 Å². The van der Waals surface area contributed by atoms with Crippen LogP contribution in [0, 0.1) is 5.41 Å². The van der Waals surface area contributed by atoms with Gasteiger partial charge in [-0.1, -0.05) is 18.6 Å². The zero-order valence-corrected chi connectivity index (χ0v) is 11.6. The maximum absolute atomic E-state index is 12.9. The van der Waals surface area contributed by atoms with Crippen molar-refractivity contribution in [3.05, 3.63) is 18.2 Å². The van der Waals surface area contributed by atoms with Gasteiger partial charge < -0.3 is 20.5 Å². The van der Waals surface area contributed by atoms with Crippen molar-refractivity contribution < 1.29 is 23.0 Å². The zero-order chi connectivity index (χ0) is 15.3. The lowest BCUT2D eigenvalue weighted by Gasteiger charge is -2.39. The van der Waals surface area contributed by atoms with Crippen LogP contribution in [0.2, 0.25) is 0 Å². The maximum atomic E-state index is 12.9. The first-order valence-corrected chi connectivity index (χ1v) is 6.74. The van der Waals surface area contributed by atoms with Gasteiger partial charge in [-0.3, -0.25) is 4.79 Å². The number of nitrogens with one attached hydrogen (secondary N) is 1. The molecule has 1 aromatic rings. The van der Waals surface area contributed by atoms with E-state index in [2.05, 4.69) is 14.8 Å². The van der Waals surface area contributed by atoms with E-state index in [0.717, 1.165) is 6.42 Å². The fraction of sp³-hybridized carbons (Fsp3) is 0.385. The van der Waals surface area contributed by atoms with Crippen LogP contribution in [0.5, 0.6) is 11.5 Å². The second-order valence-corrected chi connectivity index (χ2v) is 5.52. The predicted octanol–water partition coefficient (Wildman–Crippen LogP) is 2.40. The summed E-state index contributed by atoms with van der Waals surface area (Å²) in [5.74, 6) is -0.534. The first kappa shape index (κ1) is 14.0. The number of halogens is 2. The predicted molar refractivity (Wildman–Crippen MR) is 74.3 cm³/mol. The third kappa shape index (κ3) is 2.29. The molecule has 1 aliphatic carbocycles. The summed E-state index contributed by atoms with van der Waals surface area (Å²) >= 11 is 4.96. The van der Waals surface area contributed by atoms with Crippen molar-refractivity contribution in [2.45, 2.75) is 25.6 Å². The van der Waals surface area contributed by atoms with E-state index in [1.807, 2.05) is 0 Å². The van der Waals surface area contributed by atoms with Gasteiger partial charge in [-0.25, -0.2) is 0 Å². The molecule has 0 spiro atoms. The van der Waals surface area contributed by atoms with E-state index in [1.54, 1.807) is 0 Å². The SMILES string of the molecule is NC(=S)C1(C(=O)Nc2ccc3c(c2)OC(F)(F)O3)CCC1. The molecule has 3 N–H and O–H groups in total. The second-order valence-electron chi connectivity index (χ2n) is 5.08. The van der Waals surface area contributed by atoms with E-state index in [0.29, 0.717) is 18.5 Å². The maximum Gasteiger partial charge on any atom is 0.586 e. The monoisotopic (exact) mass is 314 g/mol. The Bertz CT molecular complexity index is 632. The molecule has 1 aromatic carbocycles. The number of amides is 1. The van der Waals surface area contributed by atoms with Crippen LogP contribution in [0.3, 0.4) is 0 Å². The molecule has 0 atom stereocenters. The summed E-state index contributed by atoms with van der Waals surface area (Å²) < 4.78 is 34.5. The molecule has 1 amide bonds. The number of carbonyl (C=O) groups excluding carboxylic acids is 1. The number of alkyl halides is 2. The number of rotatable bonds is 3. The standard InChI is InChI=1S/C13H12F2N2O3S/c14-13(15)19-8-3-2-7(6-9(8)20-13)17-11(18)12(10(16)21)4-1-5-12/h2-3,6H,1,4-5H2,(H2,16,21)(H,17,18). The van der Waals surface area contributed by atoms with Crippen molar-refractivity contribution in [1.29, 1.82) is 0 Å². The Morgan fingerprint density at radius 1 is 1.29 bits per heavy atom. The molecular weight excluding hydrogens is 302 g/mol. The Labute approximate surface area is 124 Å². The normalized spacial score (nSPS) is 20.5. The zero-order valence-electron chi connectivity index (χ0n) is 10.8. The van der Waals surface area contributed by atoms with Gasteiger partial charge in [0.2, 0.25) is 5.91 Å². The van der Waals surface area contributed by atoms with Crippen molar-refractivity contribution >= 4 is 28.8 Å². The second kappa shape index (κ2) is 4.52. The average Bonchev–Trinajstić information content (AvgIpc) is 2.59. The van der Waals surface area contributed by atoms with Gasteiger partial charge in [0.05, 0.1) is 10.4 Å². The van der Waals surface area contributed by atoms with Crippen molar-refractivity contribution in [3.63, 3.8) is 0 Å². The minimum atomic E-state index is -3.68. The van der Waals surface area contributed by atoms with E-state index in [-0.39, 0.29) is 22.4 Å². The van der Waals surface area contributed by atoms with Crippen LogP contribution in [-0.2, 0) is 4.79 Å². The lowest BCUT2D eigenvalue weighted by Crippen LogP contribution is -2.50. The van der Waals surface area contributed by atoms with Crippen LogP contribution in [0.4, 0.5) is 14.5 Å². The van der Waals surface area contributed by atoms with Crippen LogP contribution < -0.4 is 20.5 Å². The molecule has 112 valence electrons. The van der Waals surface area contributed by atoms with Crippen molar-refractivity contribution in [2.24, 2.45) is 11.1 Å². The Morgan fingerprint density at radius 2 is 1.95 bits per heavy atom. The summed E-state index contributed by atoms with van der Waals surface area (Å²) in [7, 11) is 0. The molecule has 3 rings (SSSR count). The van der Waals surface area contributed by atoms with Gasteiger partial charge in [-0.2, -0.15) is 0 Å². The number of anilines is 1. The van der Waals surface area contributed by atoms with E-state index in [1.165, 1.54) is 18.2 Å². The summed E-state index contributed by atoms with van der Waals surface area (Å²) in [5.41, 5.74) is 5.12. The van der Waals surface area contributed by atoms with Crippen molar-refractivity contribution in [2.75, 3.05) is 5.32 Å². The molecule has 0 unspecified atom stereocenters. The third-order valence-electron chi connectivity index (χ3n) is 3.77. The number of carbonyl (C=O) groups is 1. The molecule has 1 fully saturated rings. The van der Waals surface area contributed by atoms with Crippen molar-refractivity contribution in [1.82, 2.24) is 0 Å². The quantitative estimate of drug-likeness (QED) is 0.838. The third-order valence-corrected chi connectivity index (χ3v) is 4.16. The molecule has 21 heavy (non-hydrogen) atoms. The molecule has 1 saturated carbocycles. The molecule has 2 aliphatic rings. The minimum absolute atomic E-state index is 0.0781. The fourth-order valence-corrected chi connectivity index (χ4v) is 2.69. The highest BCUT2D eigenvalue weighted by Crippen LogP contribution is 2.44. The molecule has 0 bridgehead atoms. The largest absolute Gasteiger partial charge is 0.586 e. The summed E-state index contributed by atoms with van der Waals surface area (Å²) in [6.45, 7) is 0. The molecule has 0 radical (unpaired) electrons. The van der Waals surface area contributed by atoms with Crippen LogP contribution >= 0.6 is 12.2 Å². The van der Waals surface area contributed by atoms with Gasteiger partial charge in [0.15, 0.2) is 11.5 Å². The first-order valence-electron chi connectivity index (χ1n) is 6.34. The lowest BCUT2D eigenvalue weighted by molar-refractivity contribution is -0.286. The number of hydrogen-bond acceptors (Lipinski definition) is 4. The average molecular weight is 314 g/mol. The Kier molecular flexibility index (Phi) is 3.01. The number of hydrogen-bond donors (Lipinski definition) is 2. The van der Waals surface area contributed by atoms with E-state index in [4.69, 9.17) is 18.0 Å². The van der Waals surface area contributed by atoms with Gasteiger partial charge in [-0.15, -0.1) is 8.78 Å². The molecular formula is C13H12F2N2O3S. The Balaban J connectivity index is 1.78. The van der Waals surface area contributed by atoms with Crippen LogP contribution in [0.15, 0.2) is 18.2 Å². The van der Waals surface area contributed by atoms with Gasteiger partial charge in [0.1, 0.15) is 0 Å². The fourth-order valence-electron chi connectivity index (χ4n) is 2.39. The molecule has 0 saturated heterocycles. The first-order chi connectivity index (χ1) is 9.82. The van der Waals surface area contributed by atoms with Crippen molar-refractivity contribution in [3.8, 4) is 11.5 Å². The highest BCUT2D eigenvalue weighted by Gasteiger charge is 2.47. The van der Waals surface area contributed by atoms with E-state index < -0.39 is 11.7 Å². The van der Waals surface area contributed by atoms with Gasteiger partial charge >= 0.3 is 6.29 Å². The number of benzene rings is 1. The number of fused-ring (bicyclic) bond motifs is 1. The summed E-state index contributed by atoms with van der Waals surface area (Å²) in [4.78, 5) is 12.4. The number of thiocarbonyl (C=S) groups is 1. The molecule has 8 heteroatoms. The topological polar surface area (TPSA) is 73.6 Å². The number of ether oxygens (including phenoxy) is 2. The lowest BCUT2D eigenvalue weighted by atomic mass is 9.68. The smallest absolute Gasteiger partial charge is 0.395 e. The Morgan fingerprint density at radius 3 is 2.52 bits per heavy atom. The van der Waals surface area contributed by atoms with Crippen LogP contribution in [0.25, 0.3) is 0 Å². The van der Waals surface area contributed by atoms with Gasteiger partial charge in [0, 0.05) is 11.8 Å². The highest BCUT2D eigenvalue weighted by atomic mass is 32.1. The molecule has 1 aliphatic heterocycles. The van der Waals surface area contributed by atoms with E-state index in [9.17, 15) is 13.6 Å². The van der Waals surface area contributed by atoms with Gasteiger partial charge in [0.25, 0.3) is 0 Å². The minimum Gasteiger partial charge on any atom is -0.395 e. The summed E-state index contributed by atoms with van der Waals surface area (Å²) in [5, 5.41) is 2.64. The van der Waals surface area contributed by atoms with Crippen LogP contribution in [-0.4, -0.2) is 17.2 Å². The summed E-state index contributed by atoms with van der Waals surface area (Å²) in [6, 6.07) is 4.04. The molecule has 1 heterocycles. The summed E-state index contributed by atoms with van der Waals surface area (Å²) in [6.07, 6.45) is -1.62. The Hall–Kier alpha value is -1.96. The molecule has 0 aromatic heterocycles.